The maximum atomic E-state index is 4.29. The maximum absolute atomic E-state index is 4.29. The molecule has 2 rings (SSSR count). The van der Waals surface area contributed by atoms with Gasteiger partial charge >= 0.3 is 0 Å². The van der Waals surface area contributed by atoms with Gasteiger partial charge in [0, 0.05) is 45.6 Å². The van der Waals surface area contributed by atoms with Crippen molar-refractivity contribution < 1.29 is 0 Å². The third kappa shape index (κ3) is 6.92. The minimum atomic E-state index is 0. The number of rotatable bonds is 7. The number of guanidine groups is 1. The average Bonchev–Trinajstić information content (AvgIpc) is 3.05. The highest BCUT2D eigenvalue weighted by Crippen LogP contribution is 2.10. The summed E-state index contributed by atoms with van der Waals surface area (Å²) in [6.45, 7) is 3.48. The van der Waals surface area contributed by atoms with Crippen molar-refractivity contribution in [2.45, 2.75) is 19.6 Å². The summed E-state index contributed by atoms with van der Waals surface area (Å²) in [6, 6.07) is 12.6. The van der Waals surface area contributed by atoms with E-state index in [4.69, 9.17) is 0 Å². The molecule has 0 aliphatic rings. The molecule has 0 saturated carbocycles. The molecule has 2 aromatic rings. The van der Waals surface area contributed by atoms with Gasteiger partial charge in [0.15, 0.2) is 5.96 Å². The lowest BCUT2D eigenvalue weighted by molar-refractivity contribution is 0.400. The number of aliphatic imine (C=N–C) groups is 1. The molecule has 0 amide bonds. The van der Waals surface area contributed by atoms with Crippen LogP contribution < -0.4 is 10.6 Å². The first kappa shape index (κ1) is 20.5. The number of halogens is 1. The summed E-state index contributed by atoms with van der Waals surface area (Å²) < 4.78 is 2.15. The third-order valence-electron chi connectivity index (χ3n) is 3.60. The zero-order chi connectivity index (χ0) is 16.5. The highest BCUT2D eigenvalue weighted by atomic mass is 127. The van der Waals surface area contributed by atoms with E-state index in [-0.39, 0.29) is 24.0 Å². The largest absolute Gasteiger partial charge is 0.355 e. The van der Waals surface area contributed by atoms with Gasteiger partial charge in [0.2, 0.25) is 0 Å². The van der Waals surface area contributed by atoms with Crippen LogP contribution in [-0.2, 0) is 19.6 Å². The second-order valence-corrected chi connectivity index (χ2v) is 5.78. The monoisotopic (exact) mass is 441 g/mol. The molecule has 2 N–H and O–H groups in total. The van der Waals surface area contributed by atoms with Crippen molar-refractivity contribution in [1.29, 1.82) is 0 Å². The Bertz CT molecular complexity index is 608. The van der Waals surface area contributed by atoms with E-state index in [1.165, 1.54) is 11.1 Å². The normalized spacial score (nSPS) is 11.2. The van der Waals surface area contributed by atoms with Crippen LogP contribution in [-0.4, -0.2) is 43.1 Å². The summed E-state index contributed by atoms with van der Waals surface area (Å²) in [4.78, 5) is 6.47. The first-order valence-electron chi connectivity index (χ1n) is 7.96. The van der Waals surface area contributed by atoms with Crippen LogP contribution in [0.25, 0.3) is 0 Å². The molecule has 0 bridgehead atoms. The van der Waals surface area contributed by atoms with E-state index in [9.17, 15) is 0 Å². The van der Waals surface area contributed by atoms with Crippen molar-refractivity contribution in [2.75, 3.05) is 27.7 Å². The van der Waals surface area contributed by atoms with Crippen molar-refractivity contribution >= 4 is 29.9 Å². The Balaban J connectivity index is 0.00000288. The number of aromatic nitrogens is 1. The summed E-state index contributed by atoms with van der Waals surface area (Å²) in [6.07, 6.45) is 4.13. The number of nitrogens with zero attached hydrogens (tertiary/aromatic N) is 3. The molecule has 0 aliphatic carbocycles. The van der Waals surface area contributed by atoms with Crippen molar-refractivity contribution in [2.24, 2.45) is 4.99 Å². The van der Waals surface area contributed by atoms with E-state index in [1.54, 1.807) is 7.05 Å². The summed E-state index contributed by atoms with van der Waals surface area (Å²) in [5, 5.41) is 6.74. The highest BCUT2D eigenvalue weighted by molar-refractivity contribution is 14.0. The second-order valence-electron chi connectivity index (χ2n) is 5.78. The van der Waals surface area contributed by atoms with Gasteiger partial charge in [-0.25, -0.2) is 0 Å². The molecular formula is C18H28IN5. The van der Waals surface area contributed by atoms with Gasteiger partial charge in [0.1, 0.15) is 0 Å². The van der Waals surface area contributed by atoms with Crippen LogP contribution in [0.2, 0.25) is 0 Å². The number of benzene rings is 1. The molecule has 1 heterocycles. The zero-order valence-electron chi connectivity index (χ0n) is 14.7. The molecule has 132 valence electrons. The van der Waals surface area contributed by atoms with E-state index >= 15 is 0 Å². The van der Waals surface area contributed by atoms with Crippen molar-refractivity contribution in [3.05, 3.63) is 59.9 Å². The zero-order valence-corrected chi connectivity index (χ0v) is 17.0. The summed E-state index contributed by atoms with van der Waals surface area (Å²) >= 11 is 0. The van der Waals surface area contributed by atoms with E-state index in [2.05, 4.69) is 75.8 Å². The molecule has 5 nitrogen and oxygen atoms in total. The van der Waals surface area contributed by atoms with Gasteiger partial charge in [0.05, 0.1) is 0 Å². The first-order chi connectivity index (χ1) is 11.2. The predicted molar refractivity (Wildman–Crippen MR) is 112 cm³/mol. The molecule has 0 aliphatic heterocycles. The molecule has 6 heteroatoms. The minimum Gasteiger partial charge on any atom is -0.355 e. The van der Waals surface area contributed by atoms with Crippen molar-refractivity contribution in [3.8, 4) is 0 Å². The van der Waals surface area contributed by atoms with Crippen LogP contribution in [0.4, 0.5) is 0 Å². The number of hydrogen-bond acceptors (Lipinski definition) is 2. The van der Waals surface area contributed by atoms with Gasteiger partial charge in [-0.2, -0.15) is 0 Å². The van der Waals surface area contributed by atoms with Crippen LogP contribution in [0.5, 0.6) is 0 Å². The molecule has 1 aromatic heterocycles. The number of nitrogens with one attached hydrogen (secondary N) is 2. The fraction of sp³-hybridized carbons (Fsp3) is 0.389. The van der Waals surface area contributed by atoms with Crippen LogP contribution in [0.1, 0.15) is 11.1 Å². The predicted octanol–water partition coefficient (Wildman–Crippen LogP) is 2.53. The topological polar surface area (TPSA) is 44.6 Å². The van der Waals surface area contributed by atoms with Gasteiger partial charge in [-0.1, -0.05) is 24.3 Å². The highest BCUT2D eigenvalue weighted by Gasteiger charge is 2.04. The minimum absolute atomic E-state index is 0. The fourth-order valence-corrected chi connectivity index (χ4v) is 2.45. The molecule has 24 heavy (non-hydrogen) atoms. The van der Waals surface area contributed by atoms with Crippen LogP contribution in [0.15, 0.2) is 53.8 Å². The van der Waals surface area contributed by atoms with E-state index < -0.39 is 0 Å². The standard InChI is InChI=1S/C18H27N5.HI/c1-19-18(20-10-13-23-11-6-7-12-23)21-14-16-8-4-5-9-17(16)15-22(2)3;/h4-9,11-12H,10,13-15H2,1-3H3,(H2,19,20,21);1H. The molecule has 0 fully saturated rings. The lowest BCUT2D eigenvalue weighted by atomic mass is 10.1. The maximum Gasteiger partial charge on any atom is 0.191 e. The molecule has 1 aromatic carbocycles. The van der Waals surface area contributed by atoms with Crippen LogP contribution in [0.3, 0.4) is 0 Å². The fourth-order valence-electron chi connectivity index (χ4n) is 2.45. The van der Waals surface area contributed by atoms with E-state index in [0.717, 1.165) is 32.1 Å². The molecule has 0 saturated heterocycles. The Morgan fingerprint density at radius 3 is 2.33 bits per heavy atom. The van der Waals surface area contributed by atoms with Crippen molar-refractivity contribution in [1.82, 2.24) is 20.1 Å². The smallest absolute Gasteiger partial charge is 0.191 e. The average molecular weight is 441 g/mol. The first-order valence-corrected chi connectivity index (χ1v) is 7.96. The van der Waals surface area contributed by atoms with Crippen LogP contribution >= 0.6 is 24.0 Å². The van der Waals surface area contributed by atoms with E-state index in [0.29, 0.717) is 0 Å². The van der Waals surface area contributed by atoms with Gasteiger partial charge in [0.25, 0.3) is 0 Å². The molecular weight excluding hydrogens is 413 g/mol. The Morgan fingerprint density at radius 1 is 1.04 bits per heavy atom. The quantitative estimate of drug-likeness (QED) is 0.395. The Hall–Kier alpha value is -1.54. The number of hydrogen-bond donors (Lipinski definition) is 2. The second kappa shape index (κ2) is 11.1. The summed E-state index contributed by atoms with van der Waals surface area (Å²) in [5.41, 5.74) is 2.64. The molecule has 0 unspecified atom stereocenters. The van der Waals surface area contributed by atoms with Crippen LogP contribution in [0, 0.1) is 0 Å². The molecule has 0 spiro atoms. The van der Waals surface area contributed by atoms with Gasteiger partial charge in [-0.15, -0.1) is 24.0 Å². The Labute approximate surface area is 162 Å². The lowest BCUT2D eigenvalue weighted by Gasteiger charge is -2.16. The Kier molecular flexibility index (Phi) is 9.48. The van der Waals surface area contributed by atoms with Gasteiger partial charge in [-0.3, -0.25) is 4.99 Å². The summed E-state index contributed by atoms with van der Waals surface area (Å²) in [5.74, 6) is 0.830. The van der Waals surface area contributed by atoms with Gasteiger partial charge in [-0.05, 0) is 37.4 Å². The molecule has 0 atom stereocenters. The summed E-state index contributed by atoms with van der Waals surface area (Å²) in [7, 11) is 5.98. The lowest BCUT2D eigenvalue weighted by Crippen LogP contribution is -2.38. The third-order valence-corrected chi connectivity index (χ3v) is 3.60. The SMILES string of the molecule is CN=C(NCCn1cccc1)NCc1ccccc1CN(C)C.I. The van der Waals surface area contributed by atoms with E-state index in [1.807, 2.05) is 12.1 Å². The molecule has 0 radical (unpaired) electrons. The van der Waals surface area contributed by atoms with Crippen molar-refractivity contribution in [3.63, 3.8) is 0 Å². The van der Waals surface area contributed by atoms with Gasteiger partial charge < -0.3 is 20.1 Å². The Morgan fingerprint density at radius 2 is 1.71 bits per heavy atom.